The Bertz CT molecular complexity index is 735. The molecule has 156 valence electrons. The maximum absolute atomic E-state index is 12.8. The van der Waals surface area contributed by atoms with Crippen LogP contribution in [0.25, 0.3) is 0 Å². The SMILES string of the molecule is COC(=O)[C@]1(C)CCC[C@@]2(C)[C@@H]3C[C@H](OC(C)=O)[C@@H]4C[C@@]3(CC[C@@H]21)[C@H]1O[C@]14C. The minimum atomic E-state index is -0.413. The summed E-state index contributed by atoms with van der Waals surface area (Å²) in [6.45, 7) is 8.28. The lowest BCUT2D eigenvalue weighted by Gasteiger charge is -2.64. The number of hydrogen-bond acceptors (Lipinski definition) is 5. The van der Waals surface area contributed by atoms with Gasteiger partial charge in [0.1, 0.15) is 6.10 Å². The quantitative estimate of drug-likeness (QED) is 0.529. The number of hydrogen-bond donors (Lipinski definition) is 0. The van der Waals surface area contributed by atoms with E-state index in [0.717, 1.165) is 44.9 Å². The lowest BCUT2D eigenvalue weighted by Crippen LogP contribution is -2.61. The van der Waals surface area contributed by atoms with Gasteiger partial charge in [-0.1, -0.05) is 13.3 Å². The van der Waals surface area contributed by atoms with E-state index in [1.165, 1.54) is 14.0 Å². The highest BCUT2D eigenvalue weighted by molar-refractivity contribution is 5.77. The zero-order valence-electron chi connectivity index (χ0n) is 17.9. The Hall–Kier alpha value is -1.10. The van der Waals surface area contributed by atoms with Crippen molar-refractivity contribution in [2.45, 2.75) is 90.4 Å². The fourth-order valence-electron chi connectivity index (χ4n) is 8.91. The fourth-order valence-corrected chi connectivity index (χ4v) is 8.91. The molecule has 0 aromatic heterocycles. The Morgan fingerprint density at radius 3 is 2.50 bits per heavy atom. The van der Waals surface area contributed by atoms with Crippen LogP contribution >= 0.6 is 0 Å². The van der Waals surface area contributed by atoms with Gasteiger partial charge in [0.25, 0.3) is 0 Å². The molecule has 1 spiro atoms. The van der Waals surface area contributed by atoms with Crippen LogP contribution in [-0.4, -0.2) is 36.9 Å². The number of carbonyl (C=O) groups excluding carboxylic acids is 2. The lowest BCUT2D eigenvalue weighted by atomic mass is 9.40. The smallest absolute Gasteiger partial charge is 0.311 e. The van der Waals surface area contributed by atoms with Gasteiger partial charge in [-0.15, -0.1) is 0 Å². The molecule has 1 saturated heterocycles. The third-order valence-electron chi connectivity index (χ3n) is 9.94. The molecule has 5 aliphatic rings. The van der Waals surface area contributed by atoms with Crippen molar-refractivity contribution in [3.63, 3.8) is 0 Å². The summed E-state index contributed by atoms with van der Waals surface area (Å²) in [6, 6.07) is 0. The molecule has 2 bridgehead atoms. The summed E-state index contributed by atoms with van der Waals surface area (Å²) in [6.07, 6.45) is 7.54. The van der Waals surface area contributed by atoms with Gasteiger partial charge in [0, 0.05) is 18.3 Å². The minimum Gasteiger partial charge on any atom is -0.469 e. The first-order chi connectivity index (χ1) is 13.1. The van der Waals surface area contributed by atoms with Crippen molar-refractivity contribution in [2.75, 3.05) is 7.11 Å². The van der Waals surface area contributed by atoms with Gasteiger partial charge in [-0.25, -0.2) is 0 Å². The third-order valence-corrected chi connectivity index (χ3v) is 9.94. The van der Waals surface area contributed by atoms with Gasteiger partial charge < -0.3 is 14.2 Å². The molecule has 4 saturated carbocycles. The van der Waals surface area contributed by atoms with E-state index in [-0.39, 0.29) is 34.5 Å². The number of rotatable bonds is 2. The molecule has 4 aliphatic carbocycles. The van der Waals surface area contributed by atoms with E-state index in [1.807, 2.05) is 0 Å². The summed E-state index contributed by atoms with van der Waals surface area (Å²) in [5.41, 5.74) is -0.294. The van der Waals surface area contributed by atoms with Crippen LogP contribution in [0.2, 0.25) is 0 Å². The predicted octanol–water partition coefficient (Wildman–Crippen LogP) is 3.88. The first-order valence-corrected chi connectivity index (χ1v) is 11.1. The van der Waals surface area contributed by atoms with Crippen molar-refractivity contribution in [2.24, 2.45) is 34.0 Å². The molecule has 0 aromatic carbocycles. The molecule has 1 heterocycles. The lowest BCUT2D eigenvalue weighted by molar-refractivity contribution is -0.204. The first-order valence-electron chi connectivity index (χ1n) is 11.1. The van der Waals surface area contributed by atoms with Crippen molar-refractivity contribution in [3.05, 3.63) is 0 Å². The van der Waals surface area contributed by atoms with Gasteiger partial charge in [-0.05, 0) is 69.6 Å². The average molecular weight is 391 g/mol. The molecule has 9 atom stereocenters. The second-order valence-electron chi connectivity index (χ2n) is 11.0. The highest BCUT2D eigenvalue weighted by Gasteiger charge is 2.81. The van der Waals surface area contributed by atoms with Crippen molar-refractivity contribution in [3.8, 4) is 0 Å². The summed E-state index contributed by atoms with van der Waals surface area (Å²) in [4.78, 5) is 24.7. The topological polar surface area (TPSA) is 65.1 Å². The van der Waals surface area contributed by atoms with Crippen LogP contribution < -0.4 is 0 Å². The van der Waals surface area contributed by atoms with E-state index in [0.29, 0.717) is 23.9 Å². The van der Waals surface area contributed by atoms with Gasteiger partial charge in [0.15, 0.2) is 0 Å². The van der Waals surface area contributed by atoms with Crippen LogP contribution in [-0.2, 0) is 23.8 Å². The monoisotopic (exact) mass is 390 g/mol. The normalized spacial score (nSPS) is 56.1. The van der Waals surface area contributed by atoms with Crippen LogP contribution in [0.4, 0.5) is 0 Å². The molecule has 0 unspecified atom stereocenters. The minimum absolute atomic E-state index is 0.0523. The van der Waals surface area contributed by atoms with Crippen molar-refractivity contribution in [1.29, 1.82) is 0 Å². The maximum atomic E-state index is 12.8. The second kappa shape index (κ2) is 5.53. The molecular formula is C23H34O5. The van der Waals surface area contributed by atoms with Crippen LogP contribution in [0, 0.1) is 34.0 Å². The molecule has 5 rings (SSSR count). The van der Waals surface area contributed by atoms with Gasteiger partial charge >= 0.3 is 11.9 Å². The Morgan fingerprint density at radius 1 is 1.07 bits per heavy atom. The van der Waals surface area contributed by atoms with Crippen LogP contribution in [0.3, 0.4) is 0 Å². The van der Waals surface area contributed by atoms with Crippen molar-refractivity contribution < 1.29 is 23.8 Å². The highest BCUT2D eigenvalue weighted by atomic mass is 16.6. The molecule has 28 heavy (non-hydrogen) atoms. The van der Waals surface area contributed by atoms with Gasteiger partial charge in [0.2, 0.25) is 0 Å². The third kappa shape index (κ3) is 2.07. The number of epoxide rings is 1. The summed E-state index contributed by atoms with van der Waals surface area (Å²) >= 11 is 0. The van der Waals surface area contributed by atoms with E-state index in [2.05, 4.69) is 20.8 Å². The molecule has 5 nitrogen and oxygen atoms in total. The molecular weight excluding hydrogens is 356 g/mol. The molecule has 0 amide bonds. The average Bonchev–Trinajstić information content (AvgIpc) is 3.29. The van der Waals surface area contributed by atoms with Crippen LogP contribution in [0.1, 0.15) is 72.6 Å². The molecule has 5 heteroatoms. The van der Waals surface area contributed by atoms with Gasteiger partial charge in [-0.2, -0.15) is 0 Å². The maximum Gasteiger partial charge on any atom is 0.311 e. The first kappa shape index (κ1) is 18.9. The number of methoxy groups -OCH3 is 1. The Kier molecular flexibility index (Phi) is 3.73. The molecule has 0 radical (unpaired) electrons. The molecule has 5 fully saturated rings. The number of ether oxygens (including phenoxy) is 3. The zero-order chi connectivity index (χ0) is 20.1. The van der Waals surface area contributed by atoms with Gasteiger partial charge in [0.05, 0.1) is 24.2 Å². The van der Waals surface area contributed by atoms with E-state index in [9.17, 15) is 9.59 Å². The summed E-state index contributed by atoms with van der Waals surface area (Å²) in [5, 5.41) is 0. The van der Waals surface area contributed by atoms with Crippen molar-refractivity contribution in [1.82, 2.24) is 0 Å². The highest BCUT2D eigenvalue weighted by Crippen LogP contribution is 2.78. The van der Waals surface area contributed by atoms with E-state index in [4.69, 9.17) is 14.2 Å². The standard InChI is InChI=1S/C23H34O5/c1-13(24)27-15-11-17-20(2)8-6-9-21(3,19(25)26-5)16(20)7-10-23(17)12-14(15)22(4)18(23)28-22/h14-18H,6-12H2,1-5H3/t14-,15-,16-,17-,18-,20+,21+,22-,23+/m0/s1. The number of esters is 2. The molecule has 0 N–H and O–H groups in total. The van der Waals surface area contributed by atoms with Gasteiger partial charge in [-0.3, -0.25) is 9.59 Å². The largest absolute Gasteiger partial charge is 0.469 e. The predicted molar refractivity (Wildman–Crippen MR) is 102 cm³/mol. The Labute approximate surface area is 167 Å². The summed E-state index contributed by atoms with van der Waals surface area (Å²) in [7, 11) is 1.52. The van der Waals surface area contributed by atoms with Crippen LogP contribution in [0.15, 0.2) is 0 Å². The van der Waals surface area contributed by atoms with E-state index >= 15 is 0 Å². The van der Waals surface area contributed by atoms with Crippen LogP contribution in [0.5, 0.6) is 0 Å². The summed E-state index contributed by atoms with van der Waals surface area (Å²) < 4.78 is 17.5. The fraction of sp³-hybridized carbons (Fsp3) is 0.913. The van der Waals surface area contributed by atoms with Crippen molar-refractivity contribution >= 4 is 11.9 Å². The van der Waals surface area contributed by atoms with E-state index in [1.54, 1.807) is 0 Å². The molecule has 0 aromatic rings. The zero-order valence-corrected chi connectivity index (χ0v) is 17.9. The summed E-state index contributed by atoms with van der Waals surface area (Å²) in [5.74, 6) is 0.817. The molecule has 1 aliphatic heterocycles. The Morgan fingerprint density at radius 2 is 1.82 bits per heavy atom. The number of carbonyl (C=O) groups is 2. The second-order valence-corrected chi connectivity index (χ2v) is 11.0. The Balaban J connectivity index is 1.56. The van der Waals surface area contributed by atoms with E-state index < -0.39 is 5.41 Å². The number of fused-ring (bicyclic) bond motifs is 5.